The number of aromatic nitrogens is 4. The van der Waals surface area contributed by atoms with Crippen molar-refractivity contribution in [1.29, 1.82) is 0 Å². The van der Waals surface area contributed by atoms with Gasteiger partial charge in [0.25, 0.3) is 0 Å². The Morgan fingerprint density at radius 1 is 1.26 bits per heavy atom. The van der Waals surface area contributed by atoms with E-state index in [1.165, 1.54) is 9.47 Å². The van der Waals surface area contributed by atoms with Crippen molar-refractivity contribution < 1.29 is 13.6 Å². The Morgan fingerprint density at radius 3 is 2.52 bits per heavy atom. The van der Waals surface area contributed by atoms with Crippen LogP contribution in [0.4, 0.5) is 10.6 Å². The fourth-order valence-electron chi connectivity index (χ4n) is 3.43. The Balaban J connectivity index is 2.29. The van der Waals surface area contributed by atoms with Gasteiger partial charge in [0.1, 0.15) is 10.8 Å². The van der Waals surface area contributed by atoms with Gasteiger partial charge in [-0.2, -0.15) is 0 Å². The Hall–Kier alpha value is -3.05. The molecule has 0 saturated carbocycles. The number of hydrogen-bond acceptors (Lipinski definition) is 6. The van der Waals surface area contributed by atoms with Crippen molar-refractivity contribution in [3.8, 4) is 0 Å². The standard InChI is InChI=1S/C20H26N6O4S/c1-4-11-24(3)19(27)26-15-16(21)22-17(14(5-2)31(29)30)23-18(15)25(20(26)28)12-13-9-7-6-8-10-13/h6-10,14H,4-5,11-12H2,1-3H3,(H,29,30)(H2,21,22,23). The molecule has 0 aliphatic carbocycles. The zero-order valence-corrected chi connectivity index (χ0v) is 18.5. The molecule has 1 amide bonds. The summed E-state index contributed by atoms with van der Waals surface area (Å²) in [5, 5.41) is -0.867. The molecule has 0 aliphatic heterocycles. The molecule has 11 heteroatoms. The largest absolute Gasteiger partial charge is 0.382 e. The predicted octanol–water partition coefficient (Wildman–Crippen LogP) is 2.21. The van der Waals surface area contributed by atoms with Gasteiger partial charge < -0.3 is 15.2 Å². The first kappa shape index (κ1) is 22.6. The lowest BCUT2D eigenvalue weighted by Gasteiger charge is -2.16. The Kier molecular flexibility index (Phi) is 6.86. The SMILES string of the molecule is CCCN(C)C(=O)n1c(=O)n(Cc2ccccc2)c2nc(C(CC)S(=O)O)nc(N)c21. The third-order valence-corrected chi connectivity index (χ3v) is 6.00. The molecule has 0 fully saturated rings. The van der Waals surface area contributed by atoms with E-state index in [1.54, 1.807) is 14.0 Å². The van der Waals surface area contributed by atoms with Crippen LogP contribution in [-0.2, 0) is 17.6 Å². The molecule has 0 radical (unpaired) electrons. The van der Waals surface area contributed by atoms with Crippen molar-refractivity contribution in [3.63, 3.8) is 0 Å². The zero-order valence-electron chi connectivity index (χ0n) is 17.7. The van der Waals surface area contributed by atoms with E-state index in [2.05, 4.69) is 9.97 Å². The van der Waals surface area contributed by atoms with Crippen LogP contribution in [0.1, 0.15) is 43.3 Å². The van der Waals surface area contributed by atoms with Crippen molar-refractivity contribution in [2.75, 3.05) is 19.3 Å². The van der Waals surface area contributed by atoms with Crippen molar-refractivity contribution in [2.24, 2.45) is 0 Å². The van der Waals surface area contributed by atoms with Crippen molar-refractivity contribution in [3.05, 3.63) is 52.2 Å². The van der Waals surface area contributed by atoms with E-state index in [-0.39, 0.29) is 29.4 Å². The first-order chi connectivity index (χ1) is 14.8. The van der Waals surface area contributed by atoms with E-state index in [1.807, 2.05) is 37.3 Å². The van der Waals surface area contributed by atoms with Gasteiger partial charge in [0.2, 0.25) is 0 Å². The van der Waals surface area contributed by atoms with Gasteiger partial charge in [0, 0.05) is 13.6 Å². The van der Waals surface area contributed by atoms with Crippen LogP contribution in [0.2, 0.25) is 0 Å². The summed E-state index contributed by atoms with van der Waals surface area (Å²) in [6, 6.07) is 8.71. The fourth-order valence-corrected chi connectivity index (χ4v) is 4.01. The van der Waals surface area contributed by atoms with E-state index in [0.717, 1.165) is 16.6 Å². The molecule has 3 N–H and O–H groups in total. The van der Waals surface area contributed by atoms with Gasteiger partial charge in [-0.1, -0.05) is 44.2 Å². The number of fused-ring (bicyclic) bond motifs is 1. The van der Waals surface area contributed by atoms with Crippen LogP contribution in [0.25, 0.3) is 11.2 Å². The maximum atomic E-state index is 13.3. The Bertz CT molecular complexity index is 1170. The van der Waals surface area contributed by atoms with Crippen LogP contribution in [0.5, 0.6) is 0 Å². The third kappa shape index (κ3) is 4.37. The summed E-state index contributed by atoms with van der Waals surface area (Å²) in [5.41, 5.74) is 6.64. The molecular formula is C20H26N6O4S. The molecule has 2 heterocycles. The number of nitrogens with zero attached hydrogens (tertiary/aromatic N) is 5. The summed E-state index contributed by atoms with van der Waals surface area (Å²) in [4.78, 5) is 36.4. The summed E-state index contributed by atoms with van der Waals surface area (Å²) in [6.45, 7) is 4.27. The number of imidazole rings is 1. The van der Waals surface area contributed by atoms with E-state index < -0.39 is 28.1 Å². The lowest BCUT2D eigenvalue weighted by Crippen LogP contribution is -2.38. The van der Waals surface area contributed by atoms with Crippen LogP contribution in [0.15, 0.2) is 35.1 Å². The number of nitrogens with two attached hydrogens (primary N) is 1. The second-order valence-electron chi connectivity index (χ2n) is 7.21. The molecule has 0 bridgehead atoms. The molecular weight excluding hydrogens is 420 g/mol. The molecule has 0 aliphatic rings. The van der Waals surface area contributed by atoms with Crippen molar-refractivity contribution in [1.82, 2.24) is 24.0 Å². The maximum absolute atomic E-state index is 13.3. The van der Waals surface area contributed by atoms with Gasteiger partial charge in [-0.3, -0.25) is 4.57 Å². The molecule has 2 atom stereocenters. The van der Waals surface area contributed by atoms with Gasteiger partial charge in [0.15, 0.2) is 28.4 Å². The molecule has 10 nitrogen and oxygen atoms in total. The first-order valence-electron chi connectivity index (χ1n) is 9.97. The minimum absolute atomic E-state index is 0.0571. The minimum Gasteiger partial charge on any atom is -0.382 e. The Morgan fingerprint density at radius 2 is 1.94 bits per heavy atom. The number of rotatable bonds is 7. The second-order valence-corrected chi connectivity index (χ2v) is 8.33. The van der Waals surface area contributed by atoms with Crippen molar-refractivity contribution in [2.45, 2.75) is 38.5 Å². The van der Waals surface area contributed by atoms with E-state index in [4.69, 9.17) is 5.73 Å². The summed E-state index contributed by atoms with van der Waals surface area (Å²) < 4.78 is 23.7. The zero-order chi connectivity index (χ0) is 22.7. The van der Waals surface area contributed by atoms with Gasteiger partial charge >= 0.3 is 11.7 Å². The van der Waals surface area contributed by atoms with E-state index in [0.29, 0.717) is 13.0 Å². The van der Waals surface area contributed by atoms with Crippen LogP contribution < -0.4 is 11.4 Å². The molecule has 31 heavy (non-hydrogen) atoms. The molecule has 1 aromatic carbocycles. The summed E-state index contributed by atoms with van der Waals surface area (Å²) in [6.07, 6.45) is 1.02. The highest BCUT2D eigenvalue weighted by molar-refractivity contribution is 7.79. The molecule has 166 valence electrons. The highest BCUT2D eigenvalue weighted by Gasteiger charge is 2.28. The molecule has 0 saturated heterocycles. The third-order valence-electron chi connectivity index (χ3n) is 4.97. The molecule has 2 unspecified atom stereocenters. The first-order valence-corrected chi connectivity index (χ1v) is 11.1. The van der Waals surface area contributed by atoms with Gasteiger partial charge in [0.05, 0.1) is 6.54 Å². The topological polar surface area (TPSA) is 136 Å². The van der Waals surface area contributed by atoms with Crippen LogP contribution in [0, 0.1) is 0 Å². The number of benzene rings is 1. The minimum atomic E-state index is -2.22. The van der Waals surface area contributed by atoms with Crippen LogP contribution in [0.3, 0.4) is 0 Å². The summed E-state index contributed by atoms with van der Waals surface area (Å²) >= 11 is -2.22. The molecule has 3 rings (SSSR count). The second kappa shape index (κ2) is 9.40. The van der Waals surface area contributed by atoms with E-state index >= 15 is 0 Å². The lowest BCUT2D eigenvalue weighted by atomic mass is 10.2. The average molecular weight is 447 g/mol. The monoisotopic (exact) mass is 446 g/mol. The van der Waals surface area contributed by atoms with Crippen LogP contribution in [-0.4, -0.2) is 52.4 Å². The molecule has 2 aromatic heterocycles. The van der Waals surface area contributed by atoms with E-state index in [9.17, 15) is 18.4 Å². The van der Waals surface area contributed by atoms with Crippen molar-refractivity contribution >= 4 is 34.1 Å². The number of carbonyl (C=O) groups excluding carboxylic acids is 1. The number of hydrogen-bond donors (Lipinski definition) is 2. The molecule has 0 spiro atoms. The summed E-state index contributed by atoms with van der Waals surface area (Å²) in [7, 11) is 1.60. The molecule has 3 aromatic rings. The number of nitrogen functional groups attached to an aromatic ring is 1. The Labute approximate surface area is 182 Å². The lowest BCUT2D eigenvalue weighted by molar-refractivity contribution is 0.210. The smallest absolute Gasteiger partial charge is 0.339 e. The van der Waals surface area contributed by atoms with Gasteiger partial charge in [-0.15, -0.1) is 0 Å². The quantitative estimate of drug-likeness (QED) is 0.531. The van der Waals surface area contributed by atoms with Gasteiger partial charge in [-0.25, -0.2) is 28.3 Å². The average Bonchev–Trinajstić information content (AvgIpc) is 3.01. The highest BCUT2D eigenvalue weighted by Crippen LogP contribution is 2.25. The summed E-state index contributed by atoms with van der Waals surface area (Å²) in [5.74, 6) is -0.0345. The predicted molar refractivity (Wildman–Crippen MR) is 119 cm³/mol. The maximum Gasteiger partial charge on any atom is 0.339 e. The highest BCUT2D eigenvalue weighted by atomic mass is 32.2. The normalized spacial score (nSPS) is 13.3. The van der Waals surface area contributed by atoms with Gasteiger partial charge in [-0.05, 0) is 18.4 Å². The number of carbonyl (C=O) groups is 1. The number of anilines is 1. The fraction of sp³-hybridized carbons (Fsp3) is 0.400. The number of amides is 1. The van der Waals surface area contributed by atoms with Crippen LogP contribution >= 0.6 is 0 Å².